The highest BCUT2D eigenvalue weighted by atomic mass is 32.2. The number of nitrogens with zero attached hydrogens (tertiary/aromatic N) is 2. The molecule has 1 unspecified atom stereocenters. The molecule has 4 atom stereocenters. The van der Waals surface area contributed by atoms with E-state index in [1.54, 1.807) is 42.5 Å². The summed E-state index contributed by atoms with van der Waals surface area (Å²) < 4.78 is 18.0. The highest BCUT2D eigenvalue weighted by Crippen LogP contribution is 2.40. The van der Waals surface area contributed by atoms with E-state index in [0.717, 1.165) is 21.6 Å². The Bertz CT molecular complexity index is 1820. The third-order valence-corrected chi connectivity index (χ3v) is 9.21. The number of carboxylic acid groups (broad SMARTS) is 1. The van der Waals surface area contributed by atoms with Crippen LogP contribution in [0, 0.1) is 0 Å². The van der Waals surface area contributed by atoms with Gasteiger partial charge in [0.1, 0.15) is 17.7 Å². The second-order valence-electron chi connectivity index (χ2n) is 11.4. The van der Waals surface area contributed by atoms with Gasteiger partial charge in [-0.2, -0.15) is 0 Å². The Morgan fingerprint density at radius 2 is 1.73 bits per heavy atom. The smallest absolute Gasteiger partial charge is 0.408 e. The number of thioether (sulfide) groups is 1. The number of aromatic carboxylic acids is 1. The first kappa shape index (κ1) is 33.8. The van der Waals surface area contributed by atoms with Crippen molar-refractivity contribution in [3.63, 3.8) is 0 Å². The van der Waals surface area contributed by atoms with E-state index < -0.39 is 48.4 Å². The summed E-state index contributed by atoms with van der Waals surface area (Å²) in [6, 6.07) is 25.1. The Hall–Kier alpha value is -5.08. The number of carbonyl (C=O) groups is 4. The van der Waals surface area contributed by atoms with Crippen molar-refractivity contribution < 1.29 is 43.6 Å². The molecule has 2 fully saturated rings. The number of anilines is 1. The number of carbonyl (C=O) groups excluding carboxylic acids is 3. The first-order chi connectivity index (χ1) is 23.8. The number of alkyl carbamates (subject to hydrolysis) is 1. The molecule has 2 aliphatic heterocycles. The number of aliphatic hydroxyl groups excluding tert-OH is 1. The van der Waals surface area contributed by atoms with Gasteiger partial charge in [0.2, 0.25) is 5.91 Å². The molecule has 3 heterocycles. The molecule has 49 heavy (non-hydrogen) atoms. The number of rotatable bonds is 11. The van der Waals surface area contributed by atoms with Crippen molar-refractivity contribution in [2.75, 3.05) is 10.7 Å². The lowest BCUT2D eigenvalue weighted by atomic mass is 10.0. The van der Waals surface area contributed by atoms with Gasteiger partial charge >= 0.3 is 12.1 Å². The maximum absolute atomic E-state index is 13.4. The maximum atomic E-state index is 13.4. The highest BCUT2D eigenvalue weighted by molar-refractivity contribution is 7.99. The number of ether oxygens (including phenoxy) is 3. The van der Waals surface area contributed by atoms with Gasteiger partial charge in [0.05, 0.1) is 36.5 Å². The van der Waals surface area contributed by atoms with Crippen molar-refractivity contribution in [3.8, 4) is 0 Å². The van der Waals surface area contributed by atoms with E-state index in [0.29, 0.717) is 28.5 Å². The second kappa shape index (κ2) is 15.4. The van der Waals surface area contributed by atoms with Crippen LogP contribution in [-0.4, -0.2) is 57.0 Å². The van der Waals surface area contributed by atoms with E-state index in [2.05, 4.69) is 10.3 Å². The molecule has 3 N–H and O–H groups in total. The summed E-state index contributed by atoms with van der Waals surface area (Å²) in [4.78, 5) is 55.9. The Balaban J connectivity index is 1.18. The van der Waals surface area contributed by atoms with Crippen molar-refractivity contribution in [2.45, 2.75) is 55.6 Å². The summed E-state index contributed by atoms with van der Waals surface area (Å²) in [5.74, 6) is -1.78. The standard InChI is InChI=1S/C36H33N3O9S/c40-19-22-11-13-24(14-12-22)30-17-27(21-49-32-28(34(43)44)10-5-15-37-32)47-35(48-30)25-8-4-9-26(16-25)39-31(41)18-29(33(39)42)38-36(45)46-20-23-6-2-1-3-7-23/h1-16,27,29-30,35,40H,17-21H2,(H,38,45)(H,43,44)/t27-,29?,30+,35+/m1/s1. The predicted octanol–water partition coefficient (Wildman–Crippen LogP) is 5.17. The molecule has 0 radical (unpaired) electrons. The van der Waals surface area contributed by atoms with Crippen molar-refractivity contribution in [1.29, 1.82) is 0 Å². The molecule has 1 aromatic heterocycles. The third-order valence-electron chi connectivity index (χ3n) is 8.07. The van der Waals surface area contributed by atoms with E-state index in [1.807, 2.05) is 42.5 Å². The van der Waals surface area contributed by atoms with Gasteiger partial charge in [-0.1, -0.05) is 66.7 Å². The number of nitrogens with one attached hydrogen (secondary N) is 1. The summed E-state index contributed by atoms with van der Waals surface area (Å²) in [6.07, 6.45) is -0.770. The Morgan fingerprint density at radius 3 is 2.49 bits per heavy atom. The number of benzene rings is 3. The van der Waals surface area contributed by atoms with E-state index in [9.17, 15) is 29.4 Å². The molecular formula is C36H33N3O9S. The molecular weight excluding hydrogens is 650 g/mol. The average Bonchev–Trinajstić information content (AvgIpc) is 3.41. The van der Waals surface area contributed by atoms with E-state index in [-0.39, 0.29) is 25.2 Å². The van der Waals surface area contributed by atoms with Crippen molar-refractivity contribution in [1.82, 2.24) is 10.3 Å². The number of amides is 3. The topological polar surface area (TPSA) is 165 Å². The highest BCUT2D eigenvalue weighted by Gasteiger charge is 2.41. The minimum absolute atomic E-state index is 0.0172. The van der Waals surface area contributed by atoms with Crippen LogP contribution in [-0.2, 0) is 37.0 Å². The first-order valence-corrected chi connectivity index (χ1v) is 16.5. The Morgan fingerprint density at radius 1 is 0.939 bits per heavy atom. The number of hydrogen-bond donors (Lipinski definition) is 3. The molecule has 12 nitrogen and oxygen atoms in total. The molecule has 252 valence electrons. The molecule has 4 aromatic rings. The fourth-order valence-electron chi connectivity index (χ4n) is 5.60. The van der Waals surface area contributed by atoms with Crippen LogP contribution >= 0.6 is 11.8 Å². The number of hydrogen-bond acceptors (Lipinski definition) is 10. The van der Waals surface area contributed by atoms with E-state index >= 15 is 0 Å². The quantitative estimate of drug-likeness (QED) is 0.141. The van der Waals surface area contributed by atoms with Gasteiger partial charge in [-0.3, -0.25) is 9.59 Å². The largest absolute Gasteiger partial charge is 0.478 e. The van der Waals surface area contributed by atoms with Crippen LogP contribution < -0.4 is 10.2 Å². The fraction of sp³-hybridized carbons (Fsp3) is 0.250. The SMILES string of the molecule is O=C(NC1CC(=O)N(c2cccc([C@H]3O[C@@H](CSc4ncccc4C(=O)O)C[C@@H](c4ccc(CO)cc4)O3)c2)C1=O)OCc1ccccc1. The van der Waals surface area contributed by atoms with Crippen LogP contribution in [0.15, 0.2) is 102 Å². The summed E-state index contributed by atoms with van der Waals surface area (Å²) in [6.45, 7) is -0.0812. The number of imide groups is 1. The molecule has 0 bridgehead atoms. The van der Waals surface area contributed by atoms with Gasteiger partial charge in [-0.05, 0) is 41.0 Å². The second-order valence-corrected chi connectivity index (χ2v) is 12.5. The summed E-state index contributed by atoms with van der Waals surface area (Å²) in [7, 11) is 0. The molecule has 3 amide bonds. The minimum Gasteiger partial charge on any atom is -0.478 e. The zero-order valence-electron chi connectivity index (χ0n) is 26.1. The van der Waals surface area contributed by atoms with Crippen LogP contribution in [0.4, 0.5) is 10.5 Å². The number of pyridine rings is 1. The lowest BCUT2D eigenvalue weighted by Gasteiger charge is -2.36. The van der Waals surface area contributed by atoms with Crippen LogP contribution in [0.5, 0.6) is 0 Å². The molecule has 6 rings (SSSR count). The zero-order valence-corrected chi connectivity index (χ0v) is 27.0. The van der Waals surface area contributed by atoms with Crippen LogP contribution in [0.25, 0.3) is 0 Å². The molecule has 0 spiro atoms. The lowest BCUT2D eigenvalue weighted by Crippen LogP contribution is -2.42. The molecule has 0 aliphatic carbocycles. The van der Waals surface area contributed by atoms with Crippen molar-refractivity contribution in [2.24, 2.45) is 0 Å². The summed E-state index contributed by atoms with van der Waals surface area (Å²) in [5.41, 5.74) is 3.33. The van der Waals surface area contributed by atoms with Gasteiger partial charge in [-0.25, -0.2) is 19.5 Å². The Labute approximate surface area is 286 Å². The number of aliphatic hydroxyl groups is 1. The van der Waals surface area contributed by atoms with Crippen molar-refractivity contribution in [3.05, 3.63) is 125 Å². The monoisotopic (exact) mass is 683 g/mol. The Kier molecular flexibility index (Phi) is 10.6. The van der Waals surface area contributed by atoms with E-state index in [4.69, 9.17) is 14.2 Å². The zero-order chi connectivity index (χ0) is 34.3. The van der Waals surface area contributed by atoms with Gasteiger partial charge < -0.3 is 29.7 Å². The summed E-state index contributed by atoms with van der Waals surface area (Å²) >= 11 is 1.27. The lowest BCUT2D eigenvalue weighted by molar-refractivity contribution is -0.245. The molecule has 13 heteroatoms. The molecule has 3 aromatic carbocycles. The average molecular weight is 684 g/mol. The van der Waals surface area contributed by atoms with Gasteiger partial charge in [0.25, 0.3) is 5.91 Å². The van der Waals surface area contributed by atoms with E-state index in [1.165, 1.54) is 24.0 Å². The predicted molar refractivity (Wildman–Crippen MR) is 177 cm³/mol. The molecule has 0 saturated carbocycles. The maximum Gasteiger partial charge on any atom is 0.408 e. The van der Waals surface area contributed by atoms with Crippen molar-refractivity contribution >= 4 is 41.3 Å². The normalized spacial score (nSPS) is 20.6. The number of carboxylic acids is 1. The van der Waals surface area contributed by atoms with Gasteiger partial charge in [0.15, 0.2) is 6.29 Å². The third kappa shape index (κ3) is 8.15. The fourth-order valence-corrected chi connectivity index (χ4v) is 6.60. The number of aromatic nitrogens is 1. The molecule has 2 saturated heterocycles. The molecule has 2 aliphatic rings. The van der Waals surface area contributed by atoms with Crippen LogP contribution in [0.2, 0.25) is 0 Å². The van der Waals surface area contributed by atoms with Gasteiger partial charge in [-0.15, -0.1) is 11.8 Å². The van der Waals surface area contributed by atoms with Crippen LogP contribution in [0.3, 0.4) is 0 Å². The first-order valence-electron chi connectivity index (χ1n) is 15.5. The van der Waals surface area contributed by atoms with Crippen LogP contribution in [0.1, 0.15) is 57.8 Å². The minimum atomic E-state index is -1.09. The summed E-state index contributed by atoms with van der Waals surface area (Å²) in [5, 5.41) is 22.0. The van der Waals surface area contributed by atoms with Gasteiger partial charge in [0, 0.05) is 23.9 Å².